The van der Waals surface area contributed by atoms with Crippen molar-refractivity contribution in [1.82, 2.24) is 4.31 Å². The van der Waals surface area contributed by atoms with E-state index in [2.05, 4.69) is 0 Å². The molecule has 180 valence electrons. The topological polar surface area (TPSA) is 72.9 Å². The smallest absolute Gasteiger partial charge is 0.490 e. The van der Waals surface area contributed by atoms with Gasteiger partial charge in [0.1, 0.15) is 11.4 Å². The van der Waals surface area contributed by atoms with Gasteiger partial charge in [0, 0.05) is 25.4 Å². The van der Waals surface area contributed by atoms with Gasteiger partial charge in [-0.25, -0.2) is 13.2 Å². The first-order valence-corrected chi connectivity index (χ1v) is 11.8. The average molecular weight is 486 g/mol. The largest absolute Gasteiger partial charge is 0.497 e. The van der Waals surface area contributed by atoms with Crippen molar-refractivity contribution in [2.45, 2.75) is 55.8 Å². The summed E-state index contributed by atoms with van der Waals surface area (Å²) >= 11 is 0. The molecule has 0 amide bonds. The number of rotatable bonds is 6. The Kier molecular flexibility index (Phi) is 7.09. The molecule has 1 aliphatic heterocycles. The van der Waals surface area contributed by atoms with Crippen molar-refractivity contribution in [2.75, 3.05) is 13.7 Å². The van der Waals surface area contributed by atoms with E-state index in [1.807, 2.05) is 6.92 Å². The van der Waals surface area contributed by atoms with E-state index in [1.54, 1.807) is 36.4 Å². The van der Waals surface area contributed by atoms with Gasteiger partial charge in [0.05, 0.1) is 12.0 Å². The lowest BCUT2D eigenvalue weighted by molar-refractivity contribution is -0.216. The van der Waals surface area contributed by atoms with Crippen LogP contribution in [0.4, 0.5) is 13.2 Å². The highest BCUT2D eigenvalue weighted by Crippen LogP contribution is 2.36. The summed E-state index contributed by atoms with van der Waals surface area (Å²) in [6, 6.07) is 12.6. The van der Waals surface area contributed by atoms with Gasteiger partial charge in [0.2, 0.25) is 10.0 Å². The van der Waals surface area contributed by atoms with E-state index in [-0.39, 0.29) is 30.7 Å². The van der Waals surface area contributed by atoms with Crippen molar-refractivity contribution in [2.24, 2.45) is 0 Å². The number of methoxy groups -OCH3 is 1. The molecule has 2 unspecified atom stereocenters. The number of hydrogen-bond donors (Lipinski definition) is 0. The molecule has 0 radical (unpaired) electrons. The molecule has 33 heavy (non-hydrogen) atoms. The fourth-order valence-electron chi connectivity index (χ4n) is 3.98. The van der Waals surface area contributed by atoms with Crippen LogP contribution in [0.5, 0.6) is 5.75 Å². The number of esters is 1. The molecular weight excluding hydrogens is 459 g/mol. The van der Waals surface area contributed by atoms with E-state index < -0.39 is 33.8 Å². The van der Waals surface area contributed by atoms with Gasteiger partial charge in [-0.2, -0.15) is 17.5 Å². The Hall–Kier alpha value is -2.59. The Labute approximate surface area is 191 Å². The third kappa shape index (κ3) is 5.86. The monoisotopic (exact) mass is 485 g/mol. The van der Waals surface area contributed by atoms with Gasteiger partial charge in [-0.3, -0.25) is 0 Å². The Morgan fingerprint density at radius 1 is 1.12 bits per heavy atom. The Balaban J connectivity index is 1.92. The summed E-state index contributed by atoms with van der Waals surface area (Å²) in [4.78, 5) is 11.6. The van der Waals surface area contributed by atoms with Gasteiger partial charge in [-0.1, -0.05) is 29.8 Å². The number of ether oxygens (including phenoxy) is 2. The molecule has 0 saturated carbocycles. The van der Waals surface area contributed by atoms with Crippen LogP contribution in [0, 0.1) is 6.92 Å². The highest BCUT2D eigenvalue weighted by Gasteiger charge is 2.49. The highest BCUT2D eigenvalue weighted by molar-refractivity contribution is 7.89. The standard InChI is InChI=1S/C23H26F3NO5S/c1-16-4-10-20(11-5-16)33(29,30)27-13-12-22(2,32-21(28)23(24,25)26)15-18(27)14-17-6-8-19(31-3)9-7-17/h4-11,18H,12-15H2,1-3H3. The Morgan fingerprint density at radius 2 is 1.73 bits per heavy atom. The lowest BCUT2D eigenvalue weighted by Gasteiger charge is -2.43. The normalized spacial score (nSPS) is 22.1. The zero-order chi connectivity index (χ0) is 24.4. The van der Waals surface area contributed by atoms with Crippen LogP contribution in [-0.2, 0) is 26.0 Å². The van der Waals surface area contributed by atoms with Crippen LogP contribution >= 0.6 is 0 Å². The highest BCUT2D eigenvalue weighted by atomic mass is 32.2. The predicted molar refractivity (Wildman–Crippen MR) is 115 cm³/mol. The minimum absolute atomic E-state index is 0.0565. The van der Waals surface area contributed by atoms with Crippen molar-refractivity contribution in [3.8, 4) is 5.75 Å². The van der Waals surface area contributed by atoms with Gasteiger partial charge >= 0.3 is 12.1 Å². The fraction of sp³-hybridized carbons (Fsp3) is 0.435. The summed E-state index contributed by atoms with van der Waals surface area (Å²) in [6.07, 6.45) is -5.03. The van der Waals surface area contributed by atoms with E-state index in [0.717, 1.165) is 11.1 Å². The van der Waals surface area contributed by atoms with Gasteiger partial charge < -0.3 is 9.47 Å². The number of benzene rings is 2. The summed E-state index contributed by atoms with van der Waals surface area (Å²) in [6.45, 7) is 3.16. The number of sulfonamides is 1. The van der Waals surface area contributed by atoms with Crippen LogP contribution < -0.4 is 4.74 Å². The number of carbonyl (C=O) groups is 1. The number of piperidine rings is 1. The number of nitrogens with zero attached hydrogens (tertiary/aromatic N) is 1. The molecule has 0 spiro atoms. The SMILES string of the molecule is COc1ccc(CC2CC(C)(OC(=O)C(F)(F)F)CCN2S(=O)(=O)c2ccc(C)cc2)cc1. The van der Waals surface area contributed by atoms with E-state index >= 15 is 0 Å². The lowest BCUT2D eigenvalue weighted by atomic mass is 9.86. The first-order chi connectivity index (χ1) is 15.3. The third-order valence-electron chi connectivity index (χ3n) is 5.76. The first kappa shape index (κ1) is 25.0. The van der Waals surface area contributed by atoms with E-state index in [4.69, 9.17) is 9.47 Å². The summed E-state index contributed by atoms with van der Waals surface area (Å²) in [5.41, 5.74) is 0.216. The van der Waals surface area contributed by atoms with Gasteiger partial charge in [0.25, 0.3) is 0 Å². The van der Waals surface area contributed by atoms with Crippen molar-refractivity contribution < 1.29 is 35.9 Å². The molecular formula is C23H26F3NO5S. The third-order valence-corrected chi connectivity index (χ3v) is 7.73. The second kappa shape index (κ2) is 9.34. The molecule has 1 aliphatic rings. The number of alkyl halides is 3. The molecule has 0 aromatic heterocycles. The molecule has 2 aromatic carbocycles. The van der Waals surface area contributed by atoms with Crippen LogP contribution in [-0.4, -0.2) is 50.2 Å². The van der Waals surface area contributed by atoms with Crippen LogP contribution in [0.25, 0.3) is 0 Å². The molecule has 10 heteroatoms. The minimum Gasteiger partial charge on any atom is -0.497 e. The van der Waals surface area contributed by atoms with Crippen LogP contribution in [0.3, 0.4) is 0 Å². The zero-order valence-corrected chi connectivity index (χ0v) is 19.4. The van der Waals surface area contributed by atoms with E-state index in [0.29, 0.717) is 5.75 Å². The van der Waals surface area contributed by atoms with Crippen molar-refractivity contribution in [1.29, 1.82) is 0 Å². The summed E-state index contributed by atoms with van der Waals surface area (Å²) < 4.78 is 76.5. The number of hydrogen-bond acceptors (Lipinski definition) is 5. The minimum atomic E-state index is -5.13. The molecule has 0 aliphatic carbocycles. The zero-order valence-electron chi connectivity index (χ0n) is 18.6. The predicted octanol–water partition coefficient (Wildman–Crippen LogP) is 4.26. The Morgan fingerprint density at radius 3 is 2.27 bits per heavy atom. The number of aryl methyl sites for hydroxylation is 1. The molecule has 6 nitrogen and oxygen atoms in total. The first-order valence-electron chi connectivity index (χ1n) is 10.4. The Bertz CT molecular complexity index is 1080. The second-order valence-corrected chi connectivity index (χ2v) is 10.3. The summed E-state index contributed by atoms with van der Waals surface area (Å²) in [5, 5.41) is 0. The van der Waals surface area contributed by atoms with Crippen LogP contribution in [0.2, 0.25) is 0 Å². The van der Waals surface area contributed by atoms with Crippen LogP contribution in [0.15, 0.2) is 53.4 Å². The average Bonchev–Trinajstić information content (AvgIpc) is 2.73. The number of halogens is 3. The molecule has 1 saturated heterocycles. The van der Waals surface area contributed by atoms with Gasteiger partial charge in [-0.05, 0) is 50.1 Å². The molecule has 1 fully saturated rings. The van der Waals surface area contributed by atoms with Gasteiger partial charge in [-0.15, -0.1) is 0 Å². The van der Waals surface area contributed by atoms with Crippen molar-refractivity contribution in [3.05, 3.63) is 59.7 Å². The molecule has 2 aromatic rings. The number of carbonyl (C=O) groups excluding carboxylic acids is 1. The molecule has 0 N–H and O–H groups in total. The van der Waals surface area contributed by atoms with Gasteiger partial charge in [0.15, 0.2) is 0 Å². The summed E-state index contributed by atoms with van der Waals surface area (Å²) in [5.74, 6) is -1.65. The molecule has 2 atom stereocenters. The lowest BCUT2D eigenvalue weighted by Crippen LogP contribution is -2.54. The molecule has 0 bridgehead atoms. The maximum atomic E-state index is 13.4. The second-order valence-electron chi connectivity index (χ2n) is 8.43. The van der Waals surface area contributed by atoms with E-state index in [9.17, 15) is 26.4 Å². The van der Waals surface area contributed by atoms with Crippen LogP contribution in [0.1, 0.15) is 30.9 Å². The van der Waals surface area contributed by atoms with Crippen molar-refractivity contribution >= 4 is 16.0 Å². The quantitative estimate of drug-likeness (QED) is 0.572. The fourth-order valence-corrected chi connectivity index (χ4v) is 5.60. The maximum Gasteiger partial charge on any atom is 0.490 e. The van der Waals surface area contributed by atoms with Crippen molar-refractivity contribution in [3.63, 3.8) is 0 Å². The molecule has 3 rings (SSSR count). The molecule has 1 heterocycles. The maximum absolute atomic E-state index is 13.4. The van der Waals surface area contributed by atoms with E-state index in [1.165, 1.54) is 30.5 Å². The summed E-state index contributed by atoms with van der Waals surface area (Å²) in [7, 11) is -2.40.